The fraction of sp³-hybridized carbons (Fsp3) is 0.786. The van der Waals surface area contributed by atoms with Crippen LogP contribution < -0.4 is 20.1 Å². The van der Waals surface area contributed by atoms with E-state index in [1.165, 1.54) is 4.90 Å². The predicted octanol–water partition coefficient (Wildman–Crippen LogP) is 2.16. The second kappa shape index (κ2) is 12.7. The van der Waals surface area contributed by atoms with Crippen LogP contribution in [0.5, 0.6) is 0 Å². The molecule has 2 aliphatic heterocycles. The van der Waals surface area contributed by atoms with Gasteiger partial charge in [-0.25, -0.2) is 9.52 Å². The van der Waals surface area contributed by atoms with Gasteiger partial charge in [0.05, 0.1) is 0 Å². The van der Waals surface area contributed by atoms with Gasteiger partial charge in [-0.2, -0.15) is 13.1 Å². The third kappa shape index (κ3) is 8.21. The van der Waals surface area contributed by atoms with Gasteiger partial charge in [-0.3, -0.25) is 14.4 Å². The van der Waals surface area contributed by atoms with E-state index in [4.69, 9.17) is 4.74 Å². The predicted molar refractivity (Wildman–Crippen MR) is 152 cm³/mol. The van der Waals surface area contributed by atoms with Crippen molar-refractivity contribution in [2.75, 3.05) is 6.54 Å². The molecule has 4 N–H and O–H groups in total. The Bertz CT molecular complexity index is 1140. The quantitative estimate of drug-likeness (QED) is 0.354. The SMILES string of the molecule is CC(C)(C)OC(=O)NC1CCCCC/C=C\[C@H]2C[C@@]2(C(=O)NS(=O)(=O)NC2CCCC2)NC(=O)[C@@H]2CCCN2C1=O. The molecule has 230 valence electrons. The number of carbonyl (C=O) groups is 4. The molecular weight excluding hydrogens is 550 g/mol. The Balaban J connectivity index is 1.51. The third-order valence-corrected chi connectivity index (χ3v) is 9.33. The van der Waals surface area contributed by atoms with Gasteiger partial charge in [0.2, 0.25) is 11.8 Å². The maximum Gasteiger partial charge on any atom is 0.408 e. The lowest BCUT2D eigenvalue weighted by molar-refractivity contribution is -0.141. The van der Waals surface area contributed by atoms with Gasteiger partial charge in [0.25, 0.3) is 5.91 Å². The third-order valence-electron chi connectivity index (χ3n) is 8.23. The lowest BCUT2D eigenvalue weighted by atomic mass is 10.0. The first-order chi connectivity index (χ1) is 19.3. The molecule has 41 heavy (non-hydrogen) atoms. The minimum atomic E-state index is -4.11. The van der Waals surface area contributed by atoms with Gasteiger partial charge in [0.15, 0.2) is 0 Å². The molecule has 4 atom stereocenters. The van der Waals surface area contributed by atoms with Crippen LogP contribution in [0, 0.1) is 5.92 Å². The number of nitrogens with zero attached hydrogens (tertiary/aromatic N) is 1. The zero-order valence-electron chi connectivity index (χ0n) is 24.4. The molecule has 12 nitrogen and oxygen atoms in total. The standard InChI is InChI=1S/C28H45N5O7S/c1-27(2,3)40-26(37)29-21-15-8-6-4-5-7-12-19-18-28(19,30-23(34)22-16-11-17-33(22)24(21)35)25(36)32-41(38,39)31-20-13-9-10-14-20/h7,12,19-22,31H,4-6,8-11,13-18H2,1-3H3,(H,29,37)(H,30,34)(H,32,36)/b12-7-/t19-,21?,22-,28+/m0/s1. The van der Waals surface area contributed by atoms with Gasteiger partial charge in [0.1, 0.15) is 23.2 Å². The molecule has 13 heteroatoms. The Morgan fingerprint density at radius 2 is 1.73 bits per heavy atom. The van der Waals surface area contributed by atoms with Crippen molar-refractivity contribution >= 4 is 34.0 Å². The Kier molecular flexibility index (Phi) is 9.67. The average molecular weight is 596 g/mol. The fourth-order valence-corrected chi connectivity index (χ4v) is 7.21. The molecule has 0 aromatic carbocycles. The number of ether oxygens (including phenoxy) is 1. The Hall–Kier alpha value is -2.67. The number of amides is 4. The van der Waals surface area contributed by atoms with Crippen LogP contribution in [-0.2, 0) is 29.3 Å². The van der Waals surface area contributed by atoms with Gasteiger partial charge in [-0.05, 0) is 72.1 Å². The summed E-state index contributed by atoms with van der Waals surface area (Å²) in [6.45, 7) is 5.57. The Labute approximate surface area is 242 Å². The largest absolute Gasteiger partial charge is 0.444 e. The summed E-state index contributed by atoms with van der Waals surface area (Å²) in [7, 11) is -4.11. The average Bonchev–Trinajstić information content (AvgIpc) is 3.20. The lowest BCUT2D eigenvalue weighted by Gasteiger charge is -2.30. The highest BCUT2D eigenvalue weighted by atomic mass is 32.2. The summed E-state index contributed by atoms with van der Waals surface area (Å²) in [6.07, 6.45) is 11.2. The van der Waals surface area contributed by atoms with E-state index in [-0.39, 0.29) is 24.3 Å². The maximum absolute atomic E-state index is 13.7. The smallest absolute Gasteiger partial charge is 0.408 e. The number of rotatable bonds is 5. The molecule has 0 bridgehead atoms. The maximum atomic E-state index is 13.7. The highest BCUT2D eigenvalue weighted by molar-refractivity contribution is 7.88. The molecule has 0 radical (unpaired) electrons. The molecule has 0 aromatic rings. The number of hydrogen-bond acceptors (Lipinski definition) is 7. The number of fused-ring (bicyclic) bond motifs is 2. The van der Waals surface area contributed by atoms with Crippen molar-refractivity contribution in [2.45, 2.75) is 127 Å². The Morgan fingerprint density at radius 3 is 2.44 bits per heavy atom. The van der Waals surface area contributed by atoms with E-state index in [9.17, 15) is 27.6 Å². The van der Waals surface area contributed by atoms with Gasteiger partial charge < -0.3 is 20.3 Å². The normalized spacial score (nSPS) is 30.7. The monoisotopic (exact) mass is 595 g/mol. The Morgan fingerprint density at radius 1 is 1.02 bits per heavy atom. The number of allylic oxidation sites excluding steroid dienone is 1. The molecule has 0 aromatic heterocycles. The molecule has 2 heterocycles. The molecule has 1 unspecified atom stereocenters. The number of hydrogen-bond donors (Lipinski definition) is 4. The summed E-state index contributed by atoms with van der Waals surface area (Å²) in [5, 5.41) is 5.54. The van der Waals surface area contributed by atoms with Crippen LogP contribution in [-0.4, -0.2) is 72.9 Å². The van der Waals surface area contributed by atoms with Crippen molar-refractivity contribution < 1.29 is 32.3 Å². The van der Waals surface area contributed by atoms with Crippen molar-refractivity contribution in [1.82, 2.24) is 25.0 Å². The number of alkyl carbamates (subject to hydrolysis) is 1. The van der Waals surface area contributed by atoms with Crippen molar-refractivity contribution in [1.29, 1.82) is 0 Å². The van der Waals surface area contributed by atoms with Crippen molar-refractivity contribution in [3.05, 3.63) is 12.2 Å². The first kappa shape index (κ1) is 31.3. The van der Waals surface area contributed by atoms with Crippen LogP contribution in [0.25, 0.3) is 0 Å². The van der Waals surface area contributed by atoms with Crippen LogP contribution in [0.1, 0.15) is 97.8 Å². The first-order valence-corrected chi connectivity index (χ1v) is 16.4. The van der Waals surface area contributed by atoms with Gasteiger partial charge in [-0.15, -0.1) is 0 Å². The summed E-state index contributed by atoms with van der Waals surface area (Å²) in [5.41, 5.74) is -2.14. The van der Waals surface area contributed by atoms with Crippen LogP contribution in [0.3, 0.4) is 0 Å². The van der Waals surface area contributed by atoms with Crippen molar-refractivity contribution in [3.63, 3.8) is 0 Å². The highest BCUT2D eigenvalue weighted by Gasteiger charge is 2.61. The van der Waals surface area contributed by atoms with E-state index in [2.05, 4.69) is 20.1 Å². The summed E-state index contributed by atoms with van der Waals surface area (Å²) in [4.78, 5) is 54.7. The molecule has 2 aliphatic carbocycles. The van der Waals surface area contributed by atoms with Gasteiger partial charge in [0, 0.05) is 18.5 Å². The summed E-state index contributed by atoms with van der Waals surface area (Å²) in [6, 6.07) is -1.90. The van der Waals surface area contributed by atoms with Gasteiger partial charge in [-0.1, -0.05) is 37.8 Å². The second-order valence-electron chi connectivity index (χ2n) is 12.8. The molecule has 4 aliphatic rings. The van der Waals surface area contributed by atoms with Crippen LogP contribution in [0.2, 0.25) is 0 Å². The highest BCUT2D eigenvalue weighted by Crippen LogP contribution is 2.45. The topological polar surface area (TPSA) is 163 Å². The summed E-state index contributed by atoms with van der Waals surface area (Å²) >= 11 is 0. The van der Waals surface area contributed by atoms with Gasteiger partial charge >= 0.3 is 16.3 Å². The van der Waals surface area contributed by atoms with E-state index in [0.717, 1.165) is 44.9 Å². The summed E-state index contributed by atoms with van der Waals surface area (Å²) < 4.78 is 35.6. The zero-order valence-corrected chi connectivity index (χ0v) is 25.2. The van der Waals surface area contributed by atoms with Crippen LogP contribution >= 0.6 is 0 Å². The molecule has 0 spiro atoms. The number of carbonyl (C=O) groups excluding carboxylic acids is 4. The zero-order chi connectivity index (χ0) is 29.8. The number of nitrogens with one attached hydrogen (secondary N) is 4. The van der Waals surface area contributed by atoms with Crippen molar-refractivity contribution in [3.8, 4) is 0 Å². The lowest BCUT2D eigenvalue weighted by Crippen LogP contribution is -2.59. The second-order valence-corrected chi connectivity index (χ2v) is 14.2. The van der Waals surface area contributed by atoms with E-state index in [1.54, 1.807) is 20.8 Å². The molecular formula is C28H45N5O7S. The molecule has 1 saturated heterocycles. The fourth-order valence-electron chi connectivity index (χ4n) is 6.05. The van der Waals surface area contributed by atoms with E-state index < -0.39 is 51.3 Å². The molecule has 3 fully saturated rings. The van der Waals surface area contributed by atoms with E-state index in [1.807, 2.05) is 12.2 Å². The molecule has 4 rings (SSSR count). The van der Waals surface area contributed by atoms with Crippen LogP contribution in [0.4, 0.5) is 4.79 Å². The molecule has 2 saturated carbocycles. The first-order valence-electron chi connectivity index (χ1n) is 14.9. The van der Waals surface area contributed by atoms with Crippen molar-refractivity contribution in [2.24, 2.45) is 5.92 Å². The molecule has 4 amide bonds. The van der Waals surface area contributed by atoms with E-state index in [0.29, 0.717) is 32.2 Å². The van der Waals surface area contributed by atoms with E-state index >= 15 is 0 Å². The summed E-state index contributed by atoms with van der Waals surface area (Å²) in [5.74, 6) is -2.01. The minimum Gasteiger partial charge on any atom is -0.444 e. The van der Waals surface area contributed by atoms with Crippen LogP contribution in [0.15, 0.2) is 12.2 Å². The minimum absolute atomic E-state index is 0.212.